The fourth-order valence-corrected chi connectivity index (χ4v) is 1.80. The van der Waals surface area contributed by atoms with Crippen molar-refractivity contribution in [3.63, 3.8) is 0 Å². The molecule has 1 aromatic heterocycles. The van der Waals surface area contributed by atoms with Crippen molar-refractivity contribution in [2.45, 2.75) is 38.7 Å². The Morgan fingerprint density at radius 3 is 2.79 bits per heavy atom. The van der Waals surface area contributed by atoms with E-state index in [1.165, 1.54) is 12.8 Å². The van der Waals surface area contributed by atoms with E-state index in [0.717, 1.165) is 18.5 Å². The summed E-state index contributed by atoms with van der Waals surface area (Å²) in [5, 5.41) is 0. The molecule has 0 amide bonds. The Hall–Kier alpha value is -1.25. The highest BCUT2D eigenvalue weighted by Crippen LogP contribution is 2.26. The quantitative estimate of drug-likeness (QED) is 0.782. The zero-order valence-electron chi connectivity index (χ0n) is 8.49. The lowest BCUT2D eigenvalue weighted by atomic mass is 10.3. The van der Waals surface area contributed by atoms with Crippen LogP contribution in [0.4, 0.5) is 5.69 Å². The molecule has 0 aliphatic heterocycles. The van der Waals surface area contributed by atoms with Crippen molar-refractivity contribution in [3.8, 4) is 5.88 Å². The standard InChI is InChI=1S/C11H16N2O/c1-8-6-7-10(12)11(13-8)14-9-4-2-3-5-9/h6-7,9H,2-5,12H2,1H3. The summed E-state index contributed by atoms with van der Waals surface area (Å²) in [5.74, 6) is 0.608. The first-order valence-corrected chi connectivity index (χ1v) is 5.15. The van der Waals surface area contributed by atoms with E-state index in [1.807, 2.05) is 19.1 Å². The Morgan fingerprint density at radius 2 is 2.07 bits per heavy atom. The smallest absolute Gasteiger partial charge is 0.237 e. The lowest BCUT2D eigenvalue weighted by Gasteiger charge is -2.13. The molecule has 0 saturated heterocycles. The number of nitrogens with two attached hydrogens (primary N) is 1. The molecule has 76 valence electrons. The third-order valence-corrected chi connectivity index (χ3v) is 2.61. The molecule has 3 nitrogen and oxygen atoms in total. The SMILES string of the molecule is Cc1ccc(N)c(OC2CCCC2)n1. The predicted octanol–water partition coefficient (Wildman–Crippen LogP) is 2.29. The first kappa shape index (κ1) is 9.31. The zero-order valence-corrected chi connectivity index (χ0v) is 8.49. The summed E-state index contributed by atoms with van der Waals surface area (Å²) in [6, 6.07) is 3.75. The van der Waals surface area contributed by atoms with Crippen LogP contribution in [0.5, 0.6) is 5.88 Å². The van der Waals surface area contributed by atoms with Crippen molar-refractivity contribution >= 4 is 5.69 Å². The first-order valence-electron chi connectivity index (χ1n) is 5.15. The third-order valence-electron chi connectivity index (χ3n) is 2.61. The van der Waals surface area contributed by atoms with Crippen LogP contribution in [0.3, 0.4) is 0 Å². The minimum Gasteiger partial charge on any atom is -0.473 e. The Morgan fingerprint density at radius 1 is 1.36 bits per heavy atom. The maximum Gasteiger partial charge on any atom is 0.237 e. The first-order chi connectivity index (χ1) is 6.75. The molecule has 0 bridgehead atoms. The zero-order chi connectivity index (χ0) is 9.97. The number of hydrogen-bond donors (Lipinski definition) is 1. The molecule has 0 atom stereocenters. The van der Waals surface area contributed by atoms with Gasteiger partial charge in [0.1, 0.15) is 6.10 Å². The average Bonchev–Trinajstić information content (AvgIpc) is 2.64. The van der Waals surface area contributed by atoms with Gasteiger partial charge in [0.05, 0.1) is 5.69 Å². The van der Waals surface area contributed by atoms with Crippen molar-refractivity contribution < 1.29 is 4.74 Å². The number of anilines is 1. The minimum atomic E-state index is 0.326. The molecule has 1 aliphatic rings. The lowest BCUT2D eigenvalue weighted by Crippen LogP contribution is -2.13. The molecule has 1 aromatic rings. The van der Waals surface area contributed by atoms with Gasteiger partial charge in [-0.2, -0.15) is 0 Å². The van der Waals surface area contributed by atoms with Crippen LogP contribution in [0.15, 0.2) is 12.1 Å². The largest absolute Gasteiger partial charge is 0.473 e. The topological polar surface area (TPSA) is 48.1 Å². The summed E-state index contributed by atoms with van der Waals surface area (Å²) in [4.78, 5) is 4.29. The number of aromatic nitrogens is 1. The van der Waals surface area contributed by atoms with Gasteiger partial charge in [0.15, 0.2) is 0 Å². The van der Waals surface area contributed by atoms with E-state index in [-0.39, 0.29) is 0 Å². The number of pyridine rings is 1. The Kier molecular flexibility index (Phi) is 2.57. The van der Waals surface area contributed by atoms with Crippen molar-refractivity contribution in [2.24, 2.45) is 0 Å². The molecule has 0 aromatic carbocycles. The van der Waals surface area contributed by atoms with Crippen LogP contribution >= 0.6 is 0 Å². The van der Waals surface area contributed by atoms with Crippen LogP contribution in [0, 0.1) is 6.92 Å². The normalized spacial score (nSPS) is 17.2. The second kappa shape index (κ2) is 3.86. The molecule has 14 heavy (non-hydrogen) atoms. The fraction of sp³-hybridized carbons (Fsp3) is 0.545. The van der Waals surface area contributed by atoms with Crippen molar-refractivity contribution in [2.75, 3.05) is 5.73 Å². The number of nitrogen functional groups attached to an aromatic ring is 1. The highest BCUT2D eigenvalue weighted by atomic mass is 16.5. The monoisotopic (exact) mass is 192 g/mol. The van der Waals surface area contributed by atoms with Crippen molar-refractivity contribution in [1.29, 1.82) is 0 Å². The van der Waals surface area contributed by atoms with Crippen molar-refractivity contribution in [3.05, 3.63) is 17.8 Å². The Labute approximate surface area is 84.3 Å². The maximum atomic E-state index is 5.78. The fourth-order valence-electron chi connectivity index (χ4n) is 1.80. The maximum absolute atomic E-state index is 5.78. The summed E-state index contributed by atoms with van der Waals surface area (Å²) in [5.41, 5.74) is 7.37. The van der Waals surface area contributed by atoms with Crippen LogP contribution in [0.1, 0.15) is 31.4 Å². The Bertz CT molecular complexity index is 319. The van der Waals surface area contributed by atoms with Gasteiger partial charge in [0.2, 0.25) is 5.88 Å². The third kappa shape index (κ3) is 1.97. The second-order valence-electron chi connectivity index (χ2n) is 3.87. The number of nitrogens with zero attached hydrogens (tertiary/aromatic N) is 1. The van der Waals surface area contributed by atoms with E-state index in [0.29, 0.717) is 17.7 Å². The molecule has 2 N–H and O–H groups in total. The van der Waals surface area contributed by atoms with E-state index in [4.69, 9.17) is 10.5 Å². The molecule has 0 radical (unpaired) electrons. The van der Waals surface area contributed by atoms with Gasteiger partial charge in [-0.05, 0) is 44.7 Å². The van der Waals surface area contributed by atoms with Crippen LogP contribution in [-0.2, 0) is 0 Å². The van der Waals surface area contributed by atoms with E-state index >= 15 is 0 Å². The molecule has 0 unspecified atom stereocenters. The number of aryl methyl sites for hydroxylation is 1. The summed E-state index contributed by atoms with van der Waals surface area (Å²) in [7, 11) is 0. The molecular weight excluding hydrogens is 176 g/mol. The molecule has 1 saturated carbocycles. The van der Waals surface area contributed by atoms with E-state index in [9.17, 15) is 0 Å². The van der Waals surface area contributed by atoms with E-state index < -0.39 is 0 Å². The molecule has 1 aliphatic carbocycles. The second-order valence-corrected chi connectivity index (χ2v) is 3.87. The predicted molar refractivity (Wildman–Crippen MR) is 56.3 cm³/mol. The molecule has 0 spiro atoms. The van der Waals surface area contributed by atoms with E-state index in [2.05, 4.69) is 4.98 Å². The van der Waals surface area contributed by atoms with Crippen LogP contribution in [0.25, 0.3) is 0 Å². The minimum absolute atomic E-state index is 0.326. The van der Waals surface area contributed by atoms with E-state index in [1.54, 1.807) is 0 Å². The van der Waals surface area contributed by atoms with Crippen LogP contribution in [0.2, 0.25) is 0 Å². The van der Waals surface area contributed by atoms with Gasteiger partial charge in [-0.25, -0.2) is 4.98 Å². The van der Waals surface area contributed by atoms with Crippen LogP contribution < -0.4 is 10.5 Å². The molecule has 1 fully saturated rings. The number of rotatable bonds is 2. The van der Waals surface area contributed by atoms with Crippen LogP contribution in [-0.4, -0.2) is 11.1 Å². The summed E-state index contributed by atoms with van der Waals surface area (Å²) in [6.07, 6.45) is 5.11. The highest BCUT2D eigenvalue weighted by Gasteiger charge is 2.18. The van der Waals surface area contributed by atoms with Gasteiger partial charge in [-0.1, -0.05) is 0 Å². The van der Waals surface area contributed by atoms with Gasteiger partial charge in [0.25, 0.3) is 0 Å². The van der Waals surface area contributed by atoms with Gasteiger partial charge < -0.3 is 10.5 Å². The average molecular weight is 192 g/mol. The highest BCUT2D eigenvalue weighted by molar-refractivity contribution is 5.48. The van der Waals surface area contributed by atoms with Crippen molar-refractivity contribution in [1.82, 2.24) is 4.98 Å². The molecule has 2 rings (SSSR count). The molecular formula is C11H16N2O. The van der Waals surface area contributed by atoms with Gasteiger partial charge in [-0.15, -0.1) is 0 Å². The van der Waals surface area contributed by atoms with Gasteiger partial charge >= 0.3 is 0 Å². The number of hydrogen-bond acceptors (Lipinski definition) is 3. The lowest BCUT2D eigenvalue weighted by molar-refractivity contribution is 0.202. The van der Waals surface area contributed by atoms with Gasteiger partial charge in [0, 0.05) is 5.69 Å². The van der Waals surface area contributed by atoms with Gasteiger partial charge in [-0.3, -0.25) is 0 Å². The summed E-state index contributed by atoms with van der Waals surface area (Å²) >= 11 is 0. The molecule has 3 heteroatoms. The molecule has 1 heterocycles. The number of ether oxygens (including phenoxy) is 1. The Balaban J connectivity index is 2.10. The summed E-state index contributed by atoms with van der Waals surface area (Å²) in [6.45, 7) is 1.95. The summed E-state index contributed by atoms with van der Waals surface area (Å²) < 4.78 is 5.75.